The minimum absolute atomic E-state index is 0.806. The zero-order valence-electron chi connectivity index (χ0n) is 9.67. The third kappa shape index (κ3) is 7.51. The van der Waals surface area contributed by atoms with E-state index in [9.17, 15) is 0 Å². The summed E-state index contributed by atoms with van der Waals surface area (Å²) in [7, 11) is 0. The maximum absolute atomic E-state index is 3.75. The summed E-state index contributed by atoms with van der Waals surface area (Å²) in [6.07, 6.45) is 4.06. The molecule has 1 aromatic rings. The van der Waals surface area contributed by atoms with Crippen molar-refractivity contribution < 1.29 is 4.57 Å². The van der Waals surface area contributed by atoms with E-state index >= 15 is 0 Å². The van der Waals surface area contributed by atoms with Crippen molar-refractivity contribution in [3.05, 3.63) is 37.0 Å². The highest BCUT2D eigenvalue weighted by atomic mass is 14.9. The van der Waals surface area contributed by atoms with Crippen molar-refractivity contribution >= 4 is 0 Å². The third-order valence-corrected chi connectivity index (χ3v) is 1.32. The molecular weight excluding hydrogens is 158 g/mol. The van der Waals surface area contributed by atoms with Gasteiger partial charge in [-0.25, -0.2) is 4.57 Å². The summed E-state index contributed by atoms with van der Waals surface area (Å²) in [4.78, 5) is 0. The first-order chi connectivity index (χ1) is 6.33. The maximum atomic E-state index is 3.75. The molecule has 0 aliphatic heterocycles. The quantitative estimate of drug-likeness (QED) is 0.463. The van der Waals surface area contributed by atoms with Gasteiger partial charge in [-0.2, -0.15) is 0 Å². The molecule has 0 bridgehead atoms. The molecular formula is C12H23N. The average Bonchev–Trinajstić information content (AvgIpc) is 2.25. The predicted molar refractivity (Wildman–Crippen MR) is 59.4 cm³/mol. The summed E-state index contributed by atoms with van der Waals surface area (Å²) in [6, 6.07) is 4.15. The summed E-state index contributed by atoms with van der Waals surface area (Å²) in [5.74, 6) is 0. The van der Waals surface area contributed by atoms with Crippen LogP contribution in [0.1, 0.15) is 33.3 Å². The van der Waals surface area contributed by atoms with Crippen LogP contribution in [-0.4, -0.2) is 0 Å². The molecule has 0 saturated heterocycles. The lowest BCUT2D eigenvalue weighted by molar-refractivity contribution is -0.687. The number of pyridine rings is 1. The second-order valence-electron chi connectivity index (χ2n) is 2.11. The fourth-order valence-electron chi connectivity index (χ4n) is 0.681. The largest absolute Gasteiger partial charge is 0.279 e. The highest BCUT2D eigenvalue weighted by Gasteiger charge is 1.88. The van der Waals surface area contributed by atoms with Gasteiger partial charge in [0.1, 0.15) is 0 Å². The molecule has 13 heavy (non-hydrogen) atoms. The van der Waals surface area contributed by atoms with Gasteiger partial charge in [0.15, 0.2) is 12.4 Å². The summed E-state index contributed by atoms with van der Waals surface area (Å²) in [5, 5.41) is 0. The van der Waals surface area contributed by atoms with Crippen molar-refractivity contribution in [1.82, 2.24) is 0 Å². The molecule has 1 heterocycles. The minimum atomic E-state index is 0.806. The second kappa shape index (κ2) is 11.2. The van der Waals surface area contributed by atoms with Gasteiger partial charge >= 0.3 is 0 Å². The molecule has 0 unspecified atom stereocenters. The topological polar surface area (TPSA) is 3.88 Å². The highest BCUT2D eigenvalue weighted by Crippen LogP contribution is 1.88. The van der Waals surface area contributed by atoms with Crippen molar-refractivity contribution in [3.8, 4) is 0 Å². The minimum Gasteiger partial charge on any atom is -0.279 e. The standard InChI is InChI=1S/C8H11N.2C2H6/c1-3-9-6-4-8(2)5-7-9;2*1-2/h4-7H,1,3H2,2H3;2*1-2H3. The van der Waals surface area contributed by atoms with E-state index in [-0.39, 0.29) is 0 Å². The fraction of sp³-hybridized carbons (Fsp3) is 0.500. The molecule has 1 aromatic heterocycles. The van der Waals surface area contributed by atoms with Gasteiger partial charge in [0.2, 0.25) is 0 Å². The number of hydrogen-bond donors (Lipinski definition) is 0. The van der Waals surface area contributed by atoms with Crippen LogP contribution in [0.4, 0.5) is 0 Å². The molecule has 0 aromatic carbocycles. The molecule has 1 rings (SSSR count). The summed E-state index contributed by atoms with van der Waals surface area (Å²) in [6.45, 7) is 14.6. The Morgan fingerprint density at radius 3 is 1.77 bits per heavy atom. The number of aromatic nitrogens is 1. The van der Waals surface area contributed by atoms with Crippen LogP contribution in [-0.2, 0) is 6.54 Å². The van der Waals surface area contributed by atoms with Crippen molar-refractivity contribution in [2.75, 3.05) is 0 Å². The Morgan fingerprint density at radius 1 is 1.08 bits per heavy atom. The van der Waals surface area contributed by atoms with Crippen LogP contribution >= 0.6 is 0 Å². The van der Waals surface area contributed by atoms with Crippen LogP contribution in [0, 0.1) is 13.8 Å². The first kappa shape index (κ1) is 14.7. The van der Waals surface area contributed by atoms with Crippen LogP contribution in [0.3, 0.4) is 0 Å². The van der Waals surface area contributed by atoms with E-state index in [0.29, 0.717) is 0 Å². The zero-order chi connectivity index (χ0) is 10.7. The monoisotopic (exact) mass is 181 g/mol. The Bertz CT molecular complexity index is 177. The lowest BCUT2D eigenvalue weighted by atomic mass is 10.3. The van der Waals surface area contributed by atoms with E-state index in [0.717, 1.165) is 6.54 Å². The molecule has 0 fully saturated rings. The van der Waals surface area contributed by atoms with E-state index in [2.05, 4.69) is 26.0 Å². The van der Waals surface area contributed by atoms with Gasteiger partial charge in [-0.15, -0.1) is 0 Å². The Kier molecular flexibility index (Phi) is 12.6. The first-order valence-corrected chi connectivity index (χ1v) is 5.08. The lowest BCUT2D eigenvalue weighted by Crippen LogP contribution is -2.30. The Morgan fingerprint density at radius 2 is 1.46 bits per heavy atom. The first-order valence-electron chi connectivity index (χ1n) is 5.08. The van der Waals surface area contributed by atoms with Gasteiger partial charge in [0, 0.05) is 18.7 Å². The lowest BCUT2D eigenvalue weighted by Gasteiger charge is -1.93. The number of nitrogens with zero attached hydrogens (tertiary/aromatic N) is 1. The Labute approximate surface area is 83.4 Å². The average molecular weight is 181 g/mol. The van der Waals surface area contributed by atoms with Crippen LogP contribution in [0.5, 0.6) is 0 Å². The van der Waals surface area contributed by atoms with Gasteiger partial charge in [0.25, 0.3) is 0 Å². The van der Waals surface area contributed by atoms with Crippen LogP contribution in [0.2, 0.25) is 0 Å². The molecule has 0 radical (unpaired) electrons. The van der Waals surface area contributed by atoms with Crippen LogP contribution < -0.4 is 4.57 Å². The predicted octanol–water partition coefficient (Wildman–Crippen LogP) is 3.17. The van der Waals surface area contributed by atoms with Crippen LogP contribution in [0.15, 0.2) is 24.5 Å². The fourth-order valence-corrected chi connectivity index (χ4v) is 0.681. The van der Waals surface area contributed by atoms with Gasteiger partial charge in [-0.1, -0.05) is 27.7 Å². The highest BCUT2D eigenvalue weighted by molar-refractivity contribution is 5.03. The zero-order valence-corrected chi connectivity index (χ0v) is 9.67. The van der Waals surface area contributed by atoms with Gasteiger partial charge < -0.3 is 0 Å². The SMILES string of the molecule is CC.CC.[CH2-]C[n+]1ccc(C)cc1. The van der Waals surface area contributed by atoms with Crippen molar-refractivity contribution in [3.63, 3.8) is 0 Å². The molecule has 0 amide bonds. The molecule has 1 nitrogen and oxygen atoms in total. The van der Waals surface area contributed by atoms with Crippen LogP contribution in [0.25, 0.3) is 0 Å². The Balaban J connectivity index is 0. The molecule has 0 atom stereocenters. The van der Waals surface area contributed by atoms with Crippen molar-refractivity contribution in [2.45, 2.75) is 41.2 Å². The molecule has 0 aliphatic carbocycles. The van der Waals surface area contributed by atoms with E-state index in [1.807, 2.05) is 44.7 Å². The van der Waals surface area contributed by atoms with E-state index in [4.69, 9.17) is 0 Å². The van der Waals surface area contributed by atoms with Crippen molar-refractivity contribution in [2.24, 2.45) is 0 Å². The molecule has 0 saturated carbocycles. The number of hydrogen-bond acceptors (Lipinski definition) is 0. The van der Waals surface area contributed by atoms with E-state index in [1.54, 1.807) is 0 Å². The summed E-state index contributed by atoms with van der Waals surface area (Å²) < 4.78 is 2.03. The maximum Gasteiger partial charge on any atom is 0.166 e. The summed E-state index contributed by atoms with van der Waals surface area (Å²) in [5.41, 5.74) is 1.29. The molecule has 0 aliphatic rings. The third-order valence-electron chi connectivity index (χ3n) is 1.32. The Hall–Kier alpha value is -0.850. The van der Waals surface area contributed by atoms with Gasteiger partial charge in [-0.05, 0) is 12.5 Å². The summed E-state index contributed by atoms with van der Waals surface area (Å²) >= 11 is 0. The van der Waals surface area contributed by atoms with Gasteiger partial charge in [-0.3, -0.25) is 6.92 Å². The molecule has 76 valence electrons. The smallest absolute Gasteiger partial charge is 0.166 e. The number of rotatable bonds is 1. The van der Waals surface area contributed by atoms with E-state index in [1.165, 1.54) is 5.56 Å². The van der Waals surface area contributed by atoms with E-state index < -0.39 is 0 Å². The van der Waals surface area contributed by atoms with Crippen molar-refractivity contribution in [1.29, 1.82) is 0 Å². The molecule has 1 heteroatoms. The van der Waals surface area contributed by atoms with Gasteiger partial charge in [0.05, 0.1) is 0 Å². The second-order valence-corrected chi connectivity index (χ2v) is 2.11. The molecule has 0 N–H and O–H groups in total. The normalized spacial score (nSPS) is 7.54. The number of aryl methyl sites for hydroxylation is 1. The molecule has 0 spiro atoms.